The van der Waals surface area contributed by atoms with Crippen molar-refractivity contribution in [2.75, 3.05) is 11.1 Å². The number of hydrogen-bond donors (Lipinski definition) is 2. The number of hydrogen-bond acceptors (Lipinski definition) is 6. The first-order chi connectivity index (χ1) is 10.1. The van der Waals surface area contributed by atoms with Crippen LogP contribution in [0.4, 0.5) is 10.8 Å². The third kappa shape index (κ3) is 3.18. The highest BCUT2D eigenvalue weighted by Gasteiger charge is 2.16. The average molecular weight is 337 g/mol. The Kier molecular flexibility index (Phi) is 4.10. The van der Waals surface area contributed by atoms with Gasteiger partial charge >= 0.3 is 0 Å². The van der Waals surface area contributed by atoms with Crippen molar-refractivity contribution in [3.63, 3.8) is 0 Å². The summed E-state index contributed by atoms with van der Waals surface area (Å²) in [6.45, 7) is 2.63. The number of benzene rings is 1. The molecule has 0 spiro atoms. The van der Waals surface area contributed by atoms with Crippen LogP contribution in [0.1, 0.15) is 11.3 Å². The largest absolute Gasteiger partial charge is 0.382 e. The van der Waals surface area contributed by atoms with Crippen LogP contribution >= 0.6 is 34.5 Å². The van der Waals surface area contributed by atoms with Gasteiger partial charge in [0.05, 0.1) is 5.56 Å². The summed E-state index contributed by atoms with van der Waals surface area (Å²) in [5.41, 5.74) is 8.96. The summed E-state index contributed by atoms with van der Waals surface area (Å²) in [7, 11) is 0. The molecule has 0 aliphatic carbocycles. The minimum Gasteiger partial charge on any atom is -0.382 e. The molecule has 0 amide bonds. The Morgan fingerprint density at radius 2 is 2.24 bits per heavy atom. The molecule has 3 rings (SSSR count). The Hall–Kier alpha value is -1.63. The minimum atomic E-state index is 0.517. The summed E-state index contributed by atoms with van der Waals surface area (Å²) in [5, 5.41) is 7.93. The number of thiazole rings is 1. The van der Waals surface area contributed by atoms with Crippen LogP contribution in [0.15, 0.2) is 29.6 Å². The Balaban J connectivity index is 1.83. The van der Waals surface area contributed by atoms with Crippen molar-refractivity contribution in [2.24, 2.45) is 0 Å². The van der Waals surface area contributed by atoms with Gasteiger partial charge in [-0.2, -0.15) is 4.37 Å². The molecule has 4 nitrogen and oxygen atoms in total. The summed E-state index contributed by atoms with van der Waals surface area (Å²) in [4.78, 5) is 4.49. The lowest BCUT2D eigenvalue weighted by molar-refractivity contribution is 1.16. The van der Waals surface area contributed by atoms with Crippen LogP contribution in [-0.2, 0) is 6.54 Å². The molecule has 7 heteroatoms. The Morgan fingerprint density at radius 3 is 2.95 bits per heavy atom. The third-order valence-electron chi connectivity index (χ3n) is 2.89. The van der Waals surface area contributed by atoms with E-state index in [1.807, 2.05) is 36.6 Å². The van der Waals surface area contributed by atoms with Crippen LogP contribution in [0.2, 0.25) is 5.02 Å². The Morgan fingerprint density at radius 1 is 1.38 bits per heavy atom. The molecule has 21 heavy (non-hydrogen) atoms. The maximum Gasteiger partial charge on any atom is 0.149 e. The second-order valence-electron chi connectivity index (χ2n) is 4.55. The molecule has 108 valence electrons. The normalized spacial score (nSPS) is 10.8. The average Bonchev–Trinajstić information content (AvgIpc) is 3.02. The van der Waals surface area contributed by atoms with Gasteiger partial charge in [-0.1, -0.05) is 23.7 Å². The van der Waals surface area contributed by atoms with Gasteiger partial charge in [-0.05, 0) is 36.2 Å². The first-order valence-electron chi connectivity index (χ1n) is 6.29. The highest BCUT2D eigenvalue weighted by molar-refractivity contribution is 7.15. The van der Waals surface area contributed by atoms with E-state index in [0.717, 1.165) is 31.9 Å². The second kappa shape index (κ2) is 6.01. The van der Waals surface area contributed by atoms with Crippen molar-refractivity contribution >= 4 is 45.3 Å². The van der Waals surface area contributed by atoms with E-state index < -0.39 is 0 Å². The zero-order valence-corrected chi connectivity index (χ0v) is 13.6. The molecule has 0 radical (unpaired) electrons. The molecule has 0 atom stereocenters. The highest BCUT2D eigenvalue weighted by atomic mass is 35.5. The van der Waals surface area contributed by atoms with Gasteiger partial charge in [0.1, 0.15) is 15.8 Å². The van der Waals surface area contributed by atoms with Gasteiger partial charge in [0.25, 0.3) is 0 Å². The SMILES string of the molecule is Cc1csc(-c2c(N)nsc2NCc2cccc(Cl)c2)n1. The predicted molar refractivity (Wildman–Crippen MR) is 91.2 cm³/mol. The van der Waals surface area contributed by atoms with E-state index in [-0.39, 0.29) is 0 Å². The summed E-state index contributed by atoms with van der Waals surface area (Å²) >= 11 is 8.92. The van der Waals surface area contributed by atoms with Gasteiger partial charge in [0.2, 0.25) is 0 Å². The molecule has 3 aromatic rings. The standard InChI is InChI=1S/C14H13ClN4S2/c1-8-7-20-14(18-8)11-12(16)19-21-13(11)17-6-9-3-2-4-10(15)5-9/h2-5,7,17H,6H2,1H3,(H2,16,19). The van der Waals surface area contributed by atoms with Crippen molar-refractivity contribution in [1.29, 1.82) is 0 Å². The van der Waals surface area contributed by atoms with Crippen LogP contribution in [0.25, 0.3) is 10.6 Å². The van der Waals surface area contributed by atoms with Gasteiger partial charge in [-0.25, -0.2) is 4.98 Å². The molecule has 0 bridgehead atoms. The number of nitrogen functional groups attached to an aromatic ring is 1. The van der Waals surface area contributed by atoms with Crippen LogP contribution in [0.5, 0.6) is 0 Å². The molecule has 0 aliphatic rings. The molecule has 0 fully saturated rings. The van der Waals surface area contributed by atoms with Crippen LogP contribution in [0.3, 0.4) is 0 Å². The number of nitrogens with one attached hydrogen (secondary N) is 1. The fraction of sp³-hybridized carbons (Fsp3) is 0.143. The van der Waals surface area contributed by atoms with Crippen molar-refractivity contribution in [2.45, 2.75) is 13.5 Å². The Bertz CT molecular complexity index is 766. The monoisotopic (exact) mass is 336 g/mol. The van der Waals surface area contributed by atoms with Crippen LogP contribution in [0, 0.1) is 6.92 Å². The first kappa shape index (κ1) is 14.3. The number of nitrogens with two attached hydrogens (primary N) is 1. The fourth-order valence-electron chi connectivity index (χ4n) is 1.93. The molecule has 1 aromatic carbocycles. The summed E-state index contributed by atoms with van der Waals surface area (Å²) in [6, 6.07) is 7.76. The second-order valence-corrected chi connectivity index (χ2v) is 6.62. The van der Waals surface area contributed by atoms with Gasteiger partial charge in [-0.3, -0.25) is 0 Å². The smallest absolute Gasteiger partial charge is 0.149 e. The van der Waals surface area contributed by atoms with Gasteiger partial charge in [-0.15, -0.1) is 11.3 Å². The number of aromatic nitrogens is 2. The zero-order chi connectivity index (χ0) is 14.8. The maximum absolute atomic E-state index is 5.99. The maximum atomic E-state index is 5.99. The Labute approximate surface area is 135 Å². The van der Waals surface area contributed by atoms with Crippen molar-refractivity contribution in [3.8, 4) is 10.6 Å². The minimum absolute atomic E-state index is 0.517. The molecular formula is C14H13ClN4S2. The number of anilines is 2. The summed E-state index contributed by atoms with van der Waals surface area (Å²) in [6.07, 6.45) is 0. The number of rotatable bonds is 4. The molecule has 2 aromatic heterocycles. The quantitative estimate of drug-likeness (QED) is 0.740. The molecule has 3 N–H and O–H groups in total. The molecule has 2 heterocycles. The van der Waals surface area contributed by atoms with Crippen LogP contribution in [-0.4, -0.2) is 9.36 Å². The third-order valence-corrected chi connectivity index (χ3v) is 4.93. The molecular weight excluding hydrogens is 324 g/mol. The predicted octanol–water partition coefficient (Wildman–Crippen LogP) is 4.42. The van der Waals surface area contributed by atoms with Gasteiger partial charge < -0.3 is 11.1 Å². The number of nitrogens with zero attached hydrogens (tertiary/aromatic N) is 2. The molecule has 0 aliphatic heterocycles. The van der Waals surface area contributed by atoms with Crippen LogP contribution < -0.4 is 11.1 Å². The highest BCUT2D eigenvalue weighted by Crippen LogP contribution is 2.38. The van der Waals surface area contributed by atoms with E-state index in [1.54, 1.807) is 11.3 Å². The van der Waals surface area contributed by atoms with Crippen molar-refractivity contribution < 1.29 is 0 Å². The van der Waals surface area contributed by atoms with E-state index in [4.69, 9.17) is 17.3 Å². The van der Waals surface area contributed by atoms with Crippen molar-refractivity contribution in [3.05, 3.63) is 45.9 Å². The van der Waals surface area contributed by atoms with E-state index >= 15 is 0 Å². The topological polar surface area (TPSA) is 63.8 Å². The molecule has 0 saturated heterocycles. The zero-order valence-electron chi connectivity index (χ0n) is 11.3. The summed E-state index contributed by atoms with van der Waals surface area (Å²) in [5.74, 6) is 0.517. The van der Waals surface area contributed by atoms with E-state index in [2.05, 4.69) is 14.7 Å². The number of aryl methyl sites for hydroxylation is 1. The lowest BCUT2D eigenvalue weighted by Crippen LogP contribution is -1.99. The van der Waals surface area contributed by atoms with E-state index in [1.165, 1.54) is 11.5 Å². The first-order valence-corrected chi connectivity index (χ1v) is 8.32. The molecule has 0 unspecified atom stereocenters. The lowest BCUT2D eigenvalue weighted by Gasteiger charge is -2.06. The van der Waals surface area contributed by atoms with E-state index in [9.17, 15) is 0 Å². The number of halogens is 1. The van der Waals surface area contributed by atoms with Gasteiger partial charge in [0.15, 0.2) is 0 Å². The van der Waals surface area contributed by atoms with Gasteiger partial charge in [0, 0.05) is 22.6 Å². The molecule has 0 saturated carbocycles. The summed E-state index contributed by atoms with van der Waals surface area (Å²) < 4.78 is 4.23. The lowest BCUT2D eigenvalue weighted by atomic mass is 10.2. The van der Waals surface area contributed by atoms with Crippen molar-refractivity contribution in [1.82, 2.24) is 9.36 Å². The fourth-order valence-corrected chi connectivity index (χ4v) is 3.77. The van der Waals surface area contributed by atoms with E-state index in [0.29, 0.717) is 12.4 Å².